The van der Waals surface area contributed by atoms with E-state index in [0.29, 0.717) is 4.90 Å². The lowest BCUT2D eigenvalue weighted by molar-refractivity contribution is -0.384. The van der Waals surface area contributed by atoms with E-state index in [-0.39, 0.29) is 22.8 Å². The van der Waals surface area contributed by atoms with Crippen molar-refractivity contribution in [1.29, 1.82) is 0 Å². The lowest BCUT2D eigenvalue weighted by Crippen LogP contribution is -2.11. The summed E-state index contributed by atoms with van der Waals surface area (Å²) in [5.74, 6) is -0.566. The van der Waals surface area contributed by atoms with Gasteiger partial charge in [0.05, 0.1) is 21.5 Å². The molecular formula is C15H13NO4S. The van der Waals surface area contributed by atoms with Crippen molar-refractivity contribution < 1.29 is 13.9 Å². The molecule has 5 nitrogen and oxygen atoms in total. The lowest BCUT2D eigenvalue weighted by atomic mass is 10.1. The SMILES string of the molecule is Cc1cccc(S(=O)CC(=O)c2cccc([N+](=O)[O-])c2)c1. The molecule has 1 unspecified atom stereocenters. The molecule has 0 aliphatic carbocycles. The molecule has 0 fully saturated rings. The van der Waals surface area contributed by atoms with Crippen LogP contribution in [0.25, 0.3) is 0 Å². The number of ketones is 1. The number of nitrogens with zero attached hydrogens (tertiary/aromatic N) is 1. The number of non-ortho nitro benzene ring substituents is 1. The first-order chi connectivity index (χ1) is 9.97. The molecule has 2 rings (SSSR count). The fourth-order valence-electron chi connectivity index (χ4n) is 1.84. The minimum atomic E-state index is -1.46. The second-order valence-electron chi connectivity index (χ2n) is 4.54. The maximum atomic E-state index is 12.2. The highest BCUT2D eigenvalue weighted by molar-refractivity contribution is 7.85. The Morgan fingerprint density at radius 1 is 1.19 bits per heavy atom. The van der Waals surface area contributed by atoms with Crippen LogP contribution in [0.3, 0.4) is 0 Å². The molecule has 0 heterocycles. The largest absolute Gasteiger partial charge is 0.293 e. The first kappa shape index (κ1) is 15.1. The molecule has 0 saturated heterocycles. The van der Waals surface area contributed by atoms with Crippen molar-refractivity contribution in [1.82, 2.24) is 0 Å². The summed E-state index contributed by atoms with van der Waals surface area (Å²) in [6, 6.07) is 12.6. The molecule has 0 amide bonds. The lowest BCUT2D eigenvalue weighted by Gasteiger charge is -2.03. The van der Waals surface area contributed by atoms with Crippen LogP contribution in [0.5, 0.6) is 0 Å². The van der Waals surface area contributed by atoms with Crippen molar-refractivity contribution in [2.75, 3.05) is 5.75 Å². The molecule has 0 aliphatic heterocycles. The third-order valence-corrected chi connectivity index (χ3v) is 4.20. The van der Waals surface area contributed by atoms with Crippen LogP contribution < -0.4 is 0 Å². The summed E-state index contributed by atoms with van der Waals surface area (Å²) in [6.45, 7) is 1.88. The first-order valence-corrected chi connectivity index (χ1v) is 7.52. The van der Waals surface area contributed by atoms with Gasteiger partial charge in [-0.05, 0) is 24.6 Å². The minimum Gasteiger partial charge on any atom is -0.293 e. The van der Waals surface area contributed by atoms with E-state index >= 15 is 0 Å². The van der Waals surface area contributed by atoms with Crippen molar-refractivity contribution in [3.63, 3.8) is 0 Å². The molecule has 2 aromatic rings. The van der Waals surface area contributed by atoms with E-state index in [0.717, 1.165) is 5.56 Å². The van der Waals surface area contributed by atoms with Crippen molar-refractivity contribution in [2.24, 2.45) is 0 Å². The summed E-state index contributed by atoms with van der Waals surface area (Å²) in [6.07, 6.45) is 0. The topological polar surface area (TPSA) is 77.3 Å². The molecule has 0 saturated carbocycles. The van der Waals surface area contributed by atoms with Crippen molar-refractivity contribution in [3.05, 3.63) is 69.8 Å². The van der Waals surface area contributed by atoms with Crippen LogP contribution in [0, 0.1) is 17.0 Å². The highest BCUT2D eigenvalue weighted by Gasteiger charge is 2.15. The maximum Gasteiger partial charge on any atom is 0.270 e. The Labute approximate surface area is 124 Å². The average molecular weight is 303 g/mol. The molecular weight excluding hydrogens is 290 g/mol. The molecule has 0 N–H and O–H groups in total. The van der Waals surface area contributed by atoms with Crippen molar-refractivity contribution in [3.8, 4) is 0 Å². The summed E-state index contributed by atoms with van der Waals surface area (Å²) >= 11 is 0. The van der Waals surface area contributed by atoms with E-state index in [4.69, 9.17) is 0 Å². The normalized spacial score (nSPS) is 11.9. The van der Waals surface area contributed by atoms with Gasteiger partial charge in [-0.2, -0.15) is 0 Å². The number of Topliss-reactive ketones (excluding diaryl/α,β-unsaturated/α-hetero) is 1. The highest BCUT2D eigenvalue weighted by Crippen LogP contribution is 2.15. The predicted molar refractivity (Wildman–Crippen MR) is 79.9 cm³/mol. The smallest absolute Gasteiger partial charge is 0.270 e. The fraction of sp³-hybridized carbons (Fsp3) is 0.133. The number of carbonyl (C=O) groups excluding carboxylic acids is 1. The van der Waals surface area contributed by atoms with E-state index in [9.17, 15) is 19.1 Å². The van der Waals surface area contributed by atoms with Gasteiger partial charge in [-0.25, -0.2) is 0 Å². The highest BCUT2D eigenvalue weighted by atomic mass is 32.2. The van der Waals surface area contributed by atoms with Crippen LogP contribution >= 0.6 is 0 Å². The Balaban J connectivity index is 2.16. The Morgan fingerprint density at radius 2 is 1.90 bits per heavy atom. The Hall–Kier alpha value is -2.34. The Morgan fingerprint density at radius 3 is 2.57 bits per heavy atom. The van der Waals surface area contributed by atoms with Gasteiger partial charge in [0.25, 0.3) is 5.69 Å². The summed E-state index contributed by atoms with van der Waals surface area (Å²) in [5, 5.41) is 10.7. The molecule has 0 spiro atoms. The zero-order valence-electron chi connectivity index (χ0n) is 11.3. The summed E-state index contributed by atoms with van der Waals surface area (Å²) in [5.41, 5.74) is 1.01. The van der Waals surface area contributed by atoms with Gasteiger partial charge in [0.1, 0.15) is 0 Å². The van der Waals surface area contributed by atoms with Gasteiger partial charge in [0, 0.05) is 22.6 Å². The van der Waals surface area contributed by atoms with Gasteiger partial charge < -0.3 is 0 Å². The van der Waals surface area contributed by atoms with Gasteiger partial charge in [-0.15, -0.1) is 0 Å². The zero-order chi connectivity index (χ0) is 15.4. The van der Waals surface area contributed by atoms with Crippen LogP contribution in [0.1, 0.15) is 15.9 Å². The number of aryl methyl sites for hydroxylation is 1. The second-order valence-corrected chi connectivity index (χ2v) is 5.99. The quantitative estimate of drug-likeness (QED) is 0.483. The summed E-state index contributed by atoms with van der Waals surface area (Å²) in [7, 11) is -1.46. The van der Waals surface area contributed by atoms with E-state index in [1.165, 1.54) is 24.3 Å². The molecule has 0 aromatic heterocycles. The standard InChI is InChI=1S/C15H13NO4S/c1-11-4-2-7-14(8-11)21(20)10-15(17)12-5-3-6-13(9-12)16(18)19/h2-9H,10H2,1H3. The Kier molecular flexibility index (Phi) is 4.59. The van der Waals surface area contributed by atoms with E-state index in [1.54, 1.807) is 18.2 Å². The van der Waals surface area contributed by atoms with E-state index in [2.05, 4.69) is 0 Å². The molecule has 0 radical (unpaired) electrons. The van der Waals surface area contributed by atoms with Gasteiger partial charge in [-0.3, -0.25) is 19.1 Å². The summed E-state index contributed by atoms with van der Waals surface area (Å²) in [4.78, 5) is 22.8. The van der Waals surface area contributed by atoms with Crippen LogP contribution in [0.2, 0.25) is 0 Å². The fourth-order valence-corrected chi connectivity index (χ4v) is 2.95. The van der Waals surface area contributed by atoms with Gasteiger partial charge in [-0.1, -0.05) is 24.3 Å². The van der Waals surface area contributed by atoms with E-state index in [1.807, 2.05) is 13.0 Å². The van der Waals surface area contributed by atoms with Crippen LogP contribution in [-0.2, 0) is 10.8 Å². The van der Waals surface area contributed by atoms with Gasteiger partial charge >= 0.3 is 0 Å². The molecule has 6 heteroatoms. The maximum absolute atomic E-state index is 12.2. The van der Waals surface area contributed by atoms with Crippen LogP contribution in [0.4, 0.5) is 5.69 Å². The summed E-state index contributed by atoms with van der Waals surface area (Å²) < 4.78 is 12.2. The monoisotopic (exact) mass is 303 g/mol. The average Bonchev–Trinajstić information content (AvgIpc) is 2.47. The number of nitro groups is 1. The number of rotatable bonds is 5. The van der Waals surface area contributed by atoms with Crippen LogP contribution in [-0.4, -0.2) is 20.7 Å². The van der Waals surface area contributed by atoms with Gasteiger partial charge in [0.2, 0.25) is 0 Å². The minimum absolute atomic E-state index is 0.151. The van der Waals surface area contributed by atoms with Crippen LogP contribution in [0.15, 0.2) is 53.4 Å². The number of hydrogen-bond acceptors (Lipinski definition) is 4. The molecule has 108 valence electrons. The predicted octanol–water partition coefficient (Wildman–Crippen LogP) is 2.89. The molecule has 0 bridgehead atoms. The first-order valence-electron chi connectivity index (χ1n) is 6.20. The number of nitro benzene ring substituents is 1. The van der Waals surface area contributed by atoms with Crippen molar-refractivity contribution in [2.45, 2.75) is 11.8 Å². The third-order valence-electron chi connectivity index (χ3n) is 2.89. The molecule has 1 atom stereocenters. The second kappa shape index (κ2) is 6.41. The van der Waals surface area contributed by atoms with E-state index < -0.39 is 15.7 Å². The number of carbonyl (C=O) groups is 1. The third kappa shape index (κ3) is 3.82. The molecule has 21 heavy (non-hydrogen) atoms. The number of hydrogen-bond donors (Lipinski definition) is 0. The molecule has 0 aliphatic rings. The van der Waals surface area contributed by atoms with Crippen molar-refractivity contribution >= 4 is 22.3 Å². The Bertz CT molecular complexity index is 727. The molecule has 2 aromatic carbocycles. The zero-order valence-corrected chi connectivity index (χ0v) is 12.1. The van der Waals surface area contributed by atoms with Gasteiger partial charge in [0.15, 0.2) is 5.78 Å². The number of benzene rings is 2.